The molecule has 12 heteroatoms. The van der Waals surface area contributed by atoms with Crippen molar-refractivity contribution in [2.75, 3.05) is 32.1 Å². The second-order valence-corrected chi connectivity index (χ2v) is 8.50. The lowest BCUT2D eigenvalue weighted by atomic mass is 10.2. The maximum atomic E-state index is 5.40. The van der Waals surface area contributed by atoms with E-state index in [4.69, 9.17) is 14.2 Å². The quantitative estimate of drug-likeness (QED) is 0.225. The third kappa shape index (κ3) is 5.71. The molecule has 0 atom stereocenters. The van der Waals surface area contributed by atoms with Gasteiger partial charge in [-0.15, -0.1) is 0 Å². The Morgan fingerprint density at radius 3 is 2.14 bits per heavy atom. The molecule has 0 aliphatic heterocycles. The largest absolute Gasteiger partial charge is 0.493 e. The monoisotopic (exact) mass is 552 g/mol. The van der Waals surface area contributed by atoms with Crippen LogP contribution in [0, 0.1) is 13.8 Å². The fourth-order valence-electron chi connectivity index (χ4n) is 3.40. The summed E-state index contributed by atoms with van der Waals surface area (Å²) < 4.78 is 18.8. The molecule has 0 aliphatic rings. The molecular formula is C24H25BrN8O3. The number of aromatic nitrogens is 5. The highest BCUT2D eigenvalue weighted by molar-refractivity contribution is 9.10. The van der Waals surface area contributed by atoms with Gasteiger partial charge in [-0.1, -0.05) is 15.9 Å². The van der Waals surface area contributed by atoms with Crippen LogP contribution < -0.4 is 25.0 Å². The maximum absolute atomic E-state index is 5.40. The van der Waals surface area contributed by atoms with Gasteiger partial charge in [-0.05, 0) is 56.3 Å². The van der Waals surface area contributed by atoms with E-state index >= 15 is 0 Å². The van der Waals surface area contributed by atoms with Crippen molar-refractivity contribution in [3.63, 3.8) is 0 Å². The summed E-state index contributed by atoms with van der Waals surface area (Å²) >= 11 is 3.44. The van der Waals surface area contributed by atoms with Crippen molar-refractivity contribution in [3.05, 3.63) is 63.9 Å². The van der Waals surface area contributed by atoms with E-state index in [1.165, 1.54) is 0 Å². The van der Waals surface area contributed by atoms with Crippen molar-refractivity contribution >= 4 is 39.7 Å². The topological polar surface area (TPSA) is 121 Å². The molecule has 11 nitrogen and oxygen atoms in total. The fourth-order valence-corrected chi connectivity index (χ4v) is 3.66. The summed E-state index contributed by atoms with van der Waals surface area (Å²) in [5, 5.41) is 12.0. The zero-order valence-corrected chi connectivity index (χ0v) is 22.0. The zero-order chi connectivity index (χ0) is 25.7. The van der Waals surface area contributed by atoms with E-state index in [-0.39, 0.29) is 5.95 Å². The normalized spacial score (nSPS) is 10.9. The Hall–Kier alpha value is -4.19. The molecule has 0 amide bonds. The minimum Gasteiger partial charge on any atom is -0.493 e. The summed E-state index contributed by atoms with van der Waals surface area (Å²) in [5.74, 6) is 2.45. The van der Waals surface area contributed by atoms with Gasteiger partial charge in [0.2, 0.25) is 17.6 Å². The number of nitrogens with zero attached hydrogens (tertiary/aromatic N) is 6. The van der Waals surface area contributed by atoms with Crippen molar-refractivity contribution in [2.45, 2.75) is 13.8 Å². The van der Waals surface area contributed by atoms with E-state index < -0.39 is 0 Å². The Labute approximate surface area is 216 Å². The molecule has 2 heterocycles. The van der Waals surface area contributed by atoms with Crippen molar-refractivity contribution < 1.29 is 14.2 Å². The average Bonchev–Trinajstić information content (AvgIpc) is 3.22. The molecule has 0 radical (unpaired) electrons. The number of hydrogen-bond donors (Lipinski definition) is 2. The molecule has 4 rings (SSSR count). The molecule has 0 unspecified atom stereocenters. The number of rotatable bonds is 9. The van der Waals surface area contributed by atoms with Crippen LogP contribution in [-0.4, -0.2) is 52.3 Å². The lowest BCUT2D eigenvalue weighted by molar-refractivity contribution is 0.324. The first-order valence-corrected chi connectivity index (χ1v) is 11.6. The van der Waals surface area contributed by atoms with Crippen LogP contribution in [0.15, 0.2) is 52.0 Å². The standard InChI is InChI=1S/C24H25BrN8O3/c1-14-10-15(2)33(32-14)24-29-22(27-18-8-6-17(25)7-9-18)28-23(30-24)31-26-13-16-11-19(34-3)21(36-5)20(12-16)35-4/h6-13H,1-5H3,(H2,27,28,29,30,31)/b26-13+. The van der Waals surface area contributed by atoms with E-state index in [0.717, 1.165) is 27.1 Å². The van der Waals surface area contributed by atoms with Crippen LogP contribution in [0.2, 0.25) is 0 Å². The van der Waals surface area contributed by atoms with Crippen LogP contribution in [0.4, 0.5) is 17.6 Å². The average molecular weight is 553 g/mol. The number of aryl methyl sites for hydroxylation is 2. The summed E-state index contributed by atoms with van der Waals surface area (Å²) in [5.41, 5.74) is 6.15. The van der Waals surface area contributed by atoms with Gasteiger partial charge in [0.1, 0.15) is 0 Å². The molecule has 36 heavy (non-hydrogen) atoms. The van der Waals surface area contributed by atoms with E-state index in [1.807, 2.05) is 44.2 Å². The molecule has 2 aromatic carbocycles. The summed E-state index contributed by atoms with van der Waals surface area (Å²) in [6.45, 7) is 3.84. The minimum absolute atomic E-state index is 0.232. The predicted molar refractivity (Wildman–Crippen MR) is 141 cm³/mol. The Morgan fingerprint density at radius 1 is 0.889 bits per heavy atom. The third-order valence-electron chi connectivity index (χ3n) is 4.99. The van der Waals surface area contributed by atoms with Crippen molar-refractivity contribution in [1.29, 1.82) is 0 Å². The third-order valence-corrected chi connectivity index (χ3v) is 5.52. The van der Waals surface area contributed by atoms with E-state index in [9.17, 15) is 0 Å². The van der Waals surface area contributed by atoms with Crippen LogP contribution in [0.5, 0.6) is 17.2 Å². The summed E-state index contributed by atoms with van der Waals surface area (Å²) in [7, 11) is 4.67. The lowest BCUT2D eigenvalue weighted by Crippen LogP contribution is -2.11. The van der Waals surface area contributed by atoms with Crippen LogP contribution >= 0.6 is 15.9 Å². The number of hydrazone groups is 1. The molecule has 0 saturated carbocycles. The van der Waals surface area contributed by atoms with E-state index in [1.54, 1.807) is 44.4 Å². The minimum atomic E-state index is 0.232. The first-order chi connectivity index (χ1) is 17.4. The van der Waals surface area contributed by atoms with Gasteiger partial charge in [0.05, 0.1) is 33.2 Å². The van der Waals surface area contributed by atoms with Crippen LogP contribution in [-0.2, 0) is 0 Å². The van der Waals surface area contributed by atoms with E-state index in [0.29, 0.717) is 29.1 Å². The Kier molecular flexibility index (Phi) is 7.64. The van der Waals surface area contributed by atoms with Gasteiger partial charge in [-0.3, -0.25) is 0 Å². The summed E-state index contributed by atoms with van der Waals surface area (Å²) in [6, 6.07) is 13.2. The second kappa shape index (κ2) is 11.0. The van der Waals surface area contributed by atoms with Gasteiger partial charge in [-0.2, -0.15) is 25.2 Å². The molecule has 2 aromatic heterocycles. The van der Waals surface area contributed by atoms with Gasteiger partial charge in [0.25, 0.3) is 5.95 Å². The highest BCUT2D eigenvalue weighted by Gasteiger charge is 2.14. The smallest absolute Gasteiger partial charge is 0.257 e. The van der Waals surface area contributed by atoms with Gasteiger partial charge in [0, 0.05) is 21.4 Å². The molecule has 0 bridgehead atoms. The Morgan fingerprint density at radius 2 is 1.56 bits per heavy atom. The SMILES string of the molecule is COc1cc(/C=N/Nc2nc(Nc3ccc(Br)cc3)nc(-n3nc(C)cc3C)n2)cc(OC)c1OC. The highest BCUT2D eigenvalue weighted by atomic mass is 79.9. The molecule has 0 fully saturated rings. The molecule has 186 valence electrons. The lowest BCUT2D eigenvalue weighted by Gasteiger charge is -2.12. The summed E-state index contributed by atoms with van der Waals surface area (Å²) in [6.07, 6.45) is 1.60. The van der Waals surface area contributed by atoms with Crippen LogP contribution in [0.1, 0.15) is 17.0 Å². The van der Waals surface area contributed by atoms with Crippen molar-refractivity contribution in [3.8, 4) is 23.2 Å². The molecule has 0 saturated heterocycles. The van der Waals surface area contributed by atoms with Crippen LogP contribution in [0.25, 0.3) is 5.95 Å². The van der Waals surface area contributed by atoms with Gasteiger partial charge in [0.15, 0.2) is 11.5 Å². The van der Waals surface area contributed by atoms with Crippen molar-refractivity contribution in [2.24, 2.45) is 5.10 Å². The first kappa shape index (κ1) is 24.9. The van der Waals surface area contributed by atoms with Crippen molar-refractivity contribution in [1.82, 2.24) is 24.7 Å². The fraction of sp³-hybridized carbons (Fsp3) is 0.208. The number of methoxy groups -OCH3 is 3. The Balaban J connectivity index is 1.65. The number of benzene rings is 2. The zero-order valence-electron chi connectivity index (χ0n) is 20.4. The maximum Gasteiger partial charge on any atom is 0.257 e. The van der Waals surface area contributed by atoms with Gasteiger partial charge in [-0.25, -0.2) is 10.1 Å². The highest BCUT2D eigenvalue weighted by Crippen LogP contribution is 2.37. The second-order valence-electron chi connectivity index (χ2n) is 7.58. The summed E-state index contributed by atoms with van der Waals surface area (Å²) in [4.78, 5) is 13.5. The number of anilines is 3. The Bertz CT molecular complexity index is 1360. The number of hydrogen-bond acceptors (Lipinski definition) is 10. The number of halogens is 1. The predicted octanol–water partition coefficient (Wildman–Crippen LogP) is 4.65. The molecule has 0 spiro atoms. The molecule has 0 aliphatic carbocycles. The molecule has 2 N–H and O–H groups in total. The van der Waals surface area contributed by atoms with Gasteiger partial charge >= 0.3 is 0 Å². The molecule has 4 aromatic rings. The molecular weight excluding hydrogens is 528 g/mol. The first-order valence-electron chi connectivity index (χ1n) is 10.8. The number of nitrogens with one attached hydrogen (secondary N) is 2. The number of ether oxygens (including phenoxy) is 3. The van der Waals surface area contributed by atoms with Crippen LogP contribution in [0.3, 0.4) is 0 Å². The van der Waals surface area contributed by atoms with E-state index in [2.05, 4.69) is 51.8 Å². The van der Waals surface area contributed by atoms with Gasteiger partial charge < -0.3 is 19.5 Å².